The van der Waals surface area contributed by atoms with Gasteiger partial charge < -0.3 is 10.2 Å². The lowest BCUT2D eigenvalue weighted by molar-refractivity contribution is -0.133. The number of aryl methyl sites for hydroxylation is 2. The van der Waals surface area contributed by atoms with Gasteiger partial charge in [-0.1, -0.05) is 13.0 Å². The van der Waals surface area contributed by atoms with E-state index >= 15 is 0 Å². The van der Waals surface area contributed by atoms with Crippen molar-refractivity contribution in [2.24, 2.45) is 5.92 Å². The van der Waals surface area contributed by atoms with E-state index in [1.807, 2.05) is 0 Å². The Balaban J connectivity index is 1.61. The maximum Gasteiger partial charge on any atom is 0.266 e. The van der Waals surface area contributed by atoms with Crippen molar-refractivity contribution < 1.29 is 14.0 Å². The molecular formula is C23H25FN4O3S. The van der Waals surface area contributed by atoms with Crippen LogP contribution in [-0.4, -0.2) is 39.4 Å². The third kappa shape index (κ3) is 4.29. The molecular weight excluding hydrogens is 431 g/mol. The number of amides is 2. The molecule has 3 aromatic rings. The molecule has 0 aliphatic carbocycles. The van der Waals surface area contributed by atoms with E-state index in [1.54, 1.807) is 24.8 Å². The van der Waals surface area contributed by atoms with Crippen molar-refractivity contribution in [3.8, 4) is 0 Å². The summed E-state index contributed by atoms with van der Waals surface area (Å²) in [7, 11) is 0. The van der Waals surface area contributed by atoms with Crippen molar-refractivity contribution in [3.63, 3.8) is 0 Å². The monoisotopic (exact) mass is 456 g/mol. The predicted molar refractivity (Wildman–Crippen MR) is 123 cm³/mol. The second-order valence-electron chi connectivity index (χ2n) is 8.41. The summed E-state index contributed by atoms with van der Waals surface area (Å²) < 4.78 is 14.9. The van der Waals surface area contributed by atoms with Crippen LogP contribution in [0, 0.1) is 25.6 Å². The van der Waals surface area contributed by atoms with Gasteiger partial charge in [0.05, 0.1) is 16.6 Å². The highest BCUT2D eigenvalue weighted by Gasteiger charge is 2.23. The van der Waals surface area contributed by atoms with Crippen LogP contribution in [-0.2, 0) is 11.3 Å². The molecule has 1 atom stereocenters. The van der Waals surface area contributed by atoms with Gasteiger partial charge in [0.25, 0.3) is 11.5 Å². The van der Waals surface area contributed by atoms with E-state index in [9.17, 15) is 18.8 Å². The number of halogens is 1. The Morgan fingerprint density at radius 1 is 1.31 bits per heavy atom. The van der Waals surface area contributed by atoms with Crippen molar-refractivity contribution in [2.75, 3.05) is 18.4 Å². The normalized spacial score (nSPS) is 16.4. The summed E-state index contributed by atoms with van der Waals surface area (Å²) in [5.74, 6) is -0.529. The fraction of sp³-hybridized carbons (Fsp3) is 0.391. The lowest BCUT2D eigenvalue weighted by Gasteiger charge is -2.31. The highest BCUT2D eigenvalue weighted by atomic mass is 32.1. The Hall–Kier alpha value is -3.07. The van der Waals surface area contributed by atoms with Crippen molar-refractivity contribution in [1.82, 2.24) is 14.5 Å². The molecule has 1 fully saturated rings. The number of hydrogen-bond acceptors (Lipinski definition) is 5. The van der Waals surface area contributed by atoms with Gasteiger partial charge in [-0.25, -0.2) is 9.37 Å². The van der Waals surface area contributed by atoms with Crippen LogP contribution < -0.4 is 10.9 Å². The van der Waals surface area contributed by atoms with E-state index in [4.69, 9.17) is 0 Å². The van der Waals surface area contributed by atoms with Crippen molar-refractivity contribution in [3.05, 3.63) is 56.7 Å². The number of anilines is 1. The zero-order valence-electron chi connectivity index (χ0n) is 18.3. The van der Waals surface area contributed by atoms with Gasteiger partial charge in [-0.15, -0.1) is 11.3 Å². The first-order valence-corrected chi connectivity index (χ1v) is 11.4. The number of hydrogen-bond donors (Lipinski definition) is 1. The minimum atomic E-state index is -0.448. The maximum absolute atomic E-state index is 13.6. The van der Waals surface area contributed by atoms with Crippen LogP contribution in [0.4, 0.5) is 10.1 Å². The predicted octanol–water partition coefficient (Wildman–Crippen LogP) is 3.72. The molecule has 2 amide bonds. The molecule has 0 radical (unpaired) electrons. The van der Waals surface area contributed by atoms with Crippen molar-refractivity contribution >= 4 is 39.1 Å². The molecule has 1 aliphatic heterocycles. The molecule has 1 aliphatic rings. The summed E-state index contributed by atoms with van der Waals surface area (Å²) in [4.78, 5) is 45.6. The van der Waals surface area contributed by atoms with E-state index in [-0.39, 0.29) is 18.0 Å². The zero-order chi connectivity index (χ0) is 23.0. The molecule has 2 aromatic heterocycles. The molecule has 0 spiro atoms. The van der Waals surface area contributed by atoms with Gasteiger partial charge in [-0.05, 0) is 55.9 Å². The van der Waals surface area contributed by atoms with Crippen LogP contribution in [0.2, 0.25) is 0 Å². The molecule has 9 heteroatoms. The van der Waals surface area contributed by atoms with Gasteiger partial charge in [0, 0.05) is 18.8 Å². The fourth-order valence-corrected chi connectivity index (χ4v) is 5.09. The number of likely N-dealkylation sites (tertiary alicyclic amines) is 1. The summed E-state index contributed by atoms with van der Waals surface area (Å²) in [5.41, 5.74) is 1.26. The average molecular weight is 457 g/mol. The molecule has 0 saturated carbocycles. The largest absolute Gasteiger partial charge is 0.341 e. The number of thiophene rings is 1. The number of piperidine rings is 1. The number of carbonyl (C=O) groups excluding carboxylic acids is 2. The summed E-state index contributed by atoms with van der Waals surface area (Å²) in [6, 6.07) is 4.17. The highest BCUT2D eigenvalue weighted by Crippen LogP contribution is 2.28. The van der Waals surface area contributed by atoms with Gasteiger partial charge in [0.2, 0.25) is 5.91 Å². The van der Waals surface area contributed by atoms with Crippen LogP contribution in [0.15, 0.2) is 29.3 Å². The quantitative estimate of drug-likeness (QED) is 0.649. The fourth-order valence-electron chi connectivity index (χ4n) is 4.06. The van der Waals surface area contributed by atoms with Gasteiger partial charge in [-0.2, -0.15) is 0 Å². The second kappa shape index (κ2) is 8.82. The van der Waals surface area contributed by atoms with Crippen LogP contribution in [0.5, 0.6) is 0 Å². The Morgan fingerprint density at radius 2 is 2.09 bits per heavy atom. The van der Waals surface area contributed by atoms with E-state index < -0.39 is 11.7 Å². The number of aromatic nitrogens is 2. The lowest BCUT2D eigenvalue weighted by atomic mass is 10.0. The van der Waals surface area contributed by atoms with E-state index in [0.717, 1.165) is 29.7 Å². The van der Waals surface area contributed by atoms with Crippen LogP contribution in [0.3, 0.4) is 0 Å². The smallest absolute Gasteiger partial charge is 0.266 e. The molecule has 4 rings (SSSR count). The molecule has 7 nitrogen and oxygen atoms in total. The molecule has 1 N–H and O–H groups in total. The summed E-state index contributed by atoms with van der Waals surface area (Å²) >= 11 is 1.11. The molecule has 0 bridgehead atoms. The minimum Gasteiger partial charge on any atom is -0.341 e. The lowest BCUT2D eigenvalue weighted by Crippen LogP contribution is -2.42. The SMILES string of the molecule is Cc1ccc(F)cc1NC(=O)c1sc2ncn(CC(=O)N3CCCC(C)C3)c(=O)c2c1C. The number of benzene rings is 1. The third-order valence-corrected chi connectivity index (χ3v) is 7.09. The molecule has 168 valence electrons. The third-order valence-electron chi connectivity index (χ3n) is 5.89. The zero-order valence-corrected chi connectivity index (χ0v) is 19.1. The number of nitrogens with one attached hydrogen (secondary N) is 1. The van der Waals surface area contributed by atoms with Crippen LogP contribution in [0.25, 0.3) is 10.2 Å². The highest BCUT2D eigenvalue weighted by molar-refractivity contribution is 7.20. The average Bonchev–Trinajstić information content (AvgIpc) is 3.10. The van der Waals surface area contributed by atoms with Crippen molar-refractivity contribution in [2.45, 2.75) is 40.2 Å². The first-order chi connectivity index (χ1) is 15.2. The summed E-state index contributed by atoms with van der Waals surface area (Å²) in [6.07, 6.45) is 3.43. The molecule has 3 heterocycles. The number of nitrogens with zero attached hydrogens (tertiary/aromatic N) is 3. The Kier molecular flexibility index (Phi) is 6.10. The second-order valence-corrected chi connectivity index (χ2v) is 9.41. The number of rotatable bonds is 4. The molecule has 32 heavy (non-hydrogen) atoms. The molecule has 1 unspecified atom stereocenters. The number of carbonyl (C=O) groups is 2. The topological polar surface area (TPSA) is 84.3 Å². The van der Waals surface area contributed by atoms with E-state index in [1.165, 1.54) is 23.0 Å². The van der Waals surface area contributed by atoms with Crippen LogP contribution in [0.1, 0.15) is 40.6 Å². The summed E-state index contributed by atoms with van der Waals surface area (Å²) in [5, 5.41) is 3.05. The van der Waals surface area contributed by atoms with Gasteiger partial charge in [0.15, 0.2) is 0 Å². The van der Waals surface area contributed by atoms with Gasteiger partial charge in [0.1, 0.15) is 17.2 Å². The van der Waals surface area contributed by atoms with Crippen LogP contribution >= 0.6 is 11.3 Å². The molecule has 1 aromatic carbocycles. The molecule has 1 saturated heterocycles. The Morgan fingerprint density at radius 3 is 2.84 bits per heavy atom. The van der Waals surface area contributed by atoms with Gasteiger partial charge >= 0.3 is 0 Å². The first kappa shape index (κ1) is 22.1. The minimum absolute atomic E-state index is 0.0756. The standard InChI is InChI=1S/C23H25FN4O3S/c1-13-5-4-8-27(10-13)18(29)11-28-12-25-22-19(23(28)31)15(3)20(32-22)21(30)26-17-9-16(24)7-6-14(17)2/h6-7,9,12-13H,4-5,8,10-11H2,1-3H3,(H,26,30). The van der Waals surface area contributed by atoms with Gasteiger partial charge in [-0.3, -0.25) is 19.0 Å². The Bertz CT molecular complexity index is 1270. The van der Waals surface area contributed by atoms with Crippen molar-refractivity contribution in [1.29, 1.82) is 0 Å². The number of fused-ring (bicyclic) bond motifs is 1. The Labute approximate surface area is 188 Å². The van der Waals surface area contributed by atoms with E-state index in [2.05, 4.69) is 17.2 Å². The maximum atomic E-state index is 13.6. The first-order valence-electron chi connectivity index (χ1n) is 10.6. The summed E-state index contributed by atoms with van der Waals surface area (Å²) in [6.45, 7) is 6.90. The van der Waals surface area contributed by atoms with E-state index in [0.29, 0.717) is 45.4 Å².